The Bertz CT molecular complexity index is 885. The lowest BCUT2D eigenvalue weighted by Crippen LogP contribution is -3.14. The van der Waals surface area contributed by atoms with Crippen molar-refractivity contribution >= 4 is 45.2 Å². The van der Waals surface area contributed by atoms with E-state index in [0.717, 1.165) is 8.96 Å². The molecule has 1 N–H and O–H groups in total. The molecule has 2 heterocycles. The molecule has 0 unspecified atom stereocenters. The summed E-state index contributed by atoms with van der Waals surface area (Å²) in [5.74, 6) is 0. The van der Waals surface area contributed by atoms with Gasteiger partial charge in [-0.15, -0.1) is 0 Å². The molecule has 6 nitrogen and oxygen atoms in total. The fraction of sp³-hybridized carbons (Fsp3) is 0.429. The Morgan fingerprint density at radius 3 is 2.58 bits per heavy atom. The van der Waals surface area contributed by atoms with Gasteiger partial charge in [0.25, 0.3) is 0 Å². The van der Waals surface area contributed by atoms with E-state index in [-0.39, 0.29) is 9.92 Å². The number of nitrogens with zero attached hydrogens (tertiary/aromatic N) is 3. The number of sulfonamides is 1. The molecule has 3 rings (SSSR count). The van der Waals surface area contributed by atoms with Crippen LogP contribution in [-0.4, -0.2) is 48.7 Å². The Hall–Kier alpha value is -0.840. The molecule has 0 spiro atoms. The van der Waals surface area contributed by atoms with Gasteiger partial charge >= 0.3 is 0 Å². The average molecular weight is 406 g/mol. The van der Waals surface area contributed by atoms with Gasteiger partial charge in [0.1, 0.15) is 9.90 Å². The van der Waals surface area contributed by atoms with Crippen molar-refractivity contribution in [2.75, 3.05) is 26.2 Å². The van der Waals surface area contributed by atoms with Crippen LogP contribution in [0, 0.1) is 10.9 Å². The molecule has 1 aromatic heterocycles. The van der Waals surface area contributed by atoms with Gasteiger partial charge in [-0.1, -0.05) is 35.1 Å². The second-order valence-corrected chi connectivity index (χ2v) is 9.77. The first-order chi connectivity index (χ1) is 11.4. The molecule has 0 bridgehead atoms. The van der Waals surface area contributed by atoms with Gasteiger partial charge < -0.3 is 4.90 Å². The van der Waals surface area contributed by atoms with Crippen molar-refractivity contribution in [1.29, 1.82) is 0 Å². The number of aryl methyl sites for hydroxylation is 1. The van der Waals surface area contributed by atoms with Crippen molar-refractivity contribution < 1.29 is 13.3 Å². The molecule has 10 heteroatoms. The topological polar surface area (TPSA) is 59.6 Å². The van der Waals surface area contributed by atoms with Crippen LogP contribution in [0.2, 0.25) is 5.02 Å². The third-order valence-electron chi connectivity index (χ3n) is 3.96. The second-order valence-electron chi connectivity index (χ2n) is 5.63. The molecule has 1 fully saturated rings. The lowest BCUT2D eigenvalue weighted by atomic mass is 10.4. The van der Waals surface area contributed by atoms with E-state index in [1.807, 2.05) is 11.6 Å². The lowest BCUT2D eigenvalue weighted by Gasteiger charge is -2.31. The van der Waals surface area contributed by atoms with Crippen molar-refractivity contribution in [3.63, 3.8) is 0 Å². The van der Waals surface area contributed by atoms with Crippen LogP contribution in [-0.2, 0) is 16.7 Å². The summed E-state index contributed by atoms with van der Waals surface area (Å²) in [7, 11) is -3.55. The van der Waals surface area contributed by atoms with Gasteiger partial charge in [0.15, 0.2) is 10.6 Å². The van der Waals surface area contributed by atoms with E-state index in [1.165, 1.54) is 20.5 Å². The van der Waals surface area contributed by atoms with Crippen molar-refractivity contribution in [3.8, 4) is 0 Å². The van der Waals surface area contributed by atoms with Crippen LogP contribution in [0.4, 0.5) is 0 Å². The molecule has 0 atom stereocenters. The van der Waals surface area contributed by atoms with E-state index < -0.39 is 10.0 Å². The van der Waals surface area contributed by atoms with Crippen molar-refractivity contribution in [2.24, 2.45) is 0 Å². The molecule has 2 aromatic rings. The van der Waals surface area contributed by atoms with Crippen LogP contribution in [0.15, 0.2) is 29.2 Å². The largest absolute Gasteiger partial charge is 0.314 e. The number of hydrogen-bond acceptors (Lipinski definition) is 5. The molecule has 0 radical (unpaired) electrons. The molecule has 0 amide bonds. The molecule has 1 aliphatic rings. The van der Waals surface area contributed by atoms with Crippen LogP contribution in [0.25, 0.3) is 0 Å². The first kappa shape index (κ1) is 18.0. The minimum atomic E-state index is -3.55. The number of aromatic nitrogens is 2. The summed E-state index contributed by atoms with van der Waals surface area (Å²) in [5.41, 5.74) is 0. The minimum absolute atomic E-state index is 0.174. The number of quaternary nitrogens is 1. The maximum Gasteiger partial charge on any atom is 0.244 e. The van der Waals surface area contributed by atoms with Gasteiger partial charge in [-0.3, -0.25) is 0 Å². The molecule has 1 aliphatic heterocycles. The maximum absolute atomic E-state index is 12.7. The summed E-state index contributed by atoms with van der Waals surface area (Å²) in [6.45, 7) is 4.94. The number of hydrogen-bond donors (Lipinski definition) is 1. The number of halogens is 1. The highest BCUT2D eigenvalue weighted by Gasteiger charge is 2.31. The zero-order valence-corrected chi connectivity index (χ0v) is 16.3. The molecule has 24 heavy (non-hydrogen) atoms. The molecular weight excluding hydrogens is 388 g/mol. The van der Waals surface area contributed by atoms with Crippen molar-refractivity contribution in [3.05, 3.63) is 38.3 Å². The van der Waals surface area contributed by atoms with Gasteiger partial charge in [0.05, 0.1) is 31.2 Å². The quantitative estimate of drug-likeness (QED) is 0.776. The Morgan fingerprint density at radius 2 is 2.00 bits per heavy atom. The summed E-state index contributed by atoms with van der Waals surface area (Å²) in [5, 5.41) is 5.60. The van der Waals surface area contributed by atoms with E-state index >= 15 is 0 Å². The highest BCUT2D eigenvalue weighted by molar-refractivity contribution is 7.89. The lowest BCUT2D eigenvalue weighted by molar-refractivity contribution is -0.926. The average Bonchev–Trinajstić information content (AvgIpc) is 2.85. The fourth-order valence-corrected chi connectivity index (χ4v) is 5.72. The summed E-state index contributed by atoms with van der Waals surface area (Å²) in [4.78, 5) is 1.44. The van der Waals surface area contributed by atoms with Gasteiger partial charge in [0, 0.05) is 0 Å². The zero-order chi connectivity index (χ0) is 17.3. The van der Waals surface area contributed by atoms with Crippen molar-refractivity contribution in [1.82, 2.24) is 14.1 Å². The fourth-order valence-electron chi connectivity index (χ4n) is 2.72. The van der Waals surface area contributed by atoms with Gasteiger partial charge in [-0.25, -0.2) is 8.42 Å². The number of rotatable bonds is 4. The smallest absolute Gasteiger partial charge is 0.244 e. The first-order valence-corrected chi connectivity index (χ1v) is 10.5. The Labute approximate surface area is 155 Å². The van der Waals surface area contributed by atoms with Gasteiger partial charge in [-0.05, 0) is 31.3 Å². The highest BCUT2D eigenvalue weighted by Crippen LogP contribution is 2.24. The molecule has 1 aromatic carbocycles. The Balaban J connectivity index is 1.68. The Morgan fingerprint density at radius 1 is 1.33 bits per heavy atom. The van der Waals surface area contributed by atoms with Gasteiger partial charge in [0.2, 0.25) is 10.0 Å². The second kappa shape index (κ2) is 7.19. The van der Waals surface area contributed by atoms with Crippen LogP contribution in [0.5, 0.6) is 0 Å². The van der Waals surface area contributed by atoms with Crippen LogP contribution in [0.1, 0.15) is 5.01 Å². The van der Waals surface area contributed by atoms with E-state index in [0.29, 0.717) is 32.8 Å². The third kappa shape index (κ3) is 3.71. The SMILES string of the molecule is Cc1nn(C[NH+]2CCN(S(=O)(=O)c3ccccc3Cl)CC2)c(=S)s1. The minimum Gasteiger partial charge on any atom is -0.314 e. The first-order valence-electron chi connectivity index (χ1n) is 7.51. The van der Waals surface area contributed by atoms with E-state index in [2.05, 4.69) is 5.10 Å². The molecular formula is C14H18ClN4O2S3+. The summed E-state index contributed by atoms with van der Waals surface area (Å²) >= 11 is 12.8. The normalized spacial score (nSPS) is 17.2. The Kier molecular flexibility index (Phi) is 5.38. The molecule has 1 saturated heterocycles. The van der Waals surface area contributed by atoms with E-state index in [4.69, 9.17) is 23.8 Å². The van der Waals surface area contributed by atoms with Crippen LogP contribution in [0.3, 0.4) is 0 Å². The number of nitrogens with one attached hydrogen (secondary N) is 1. The standard InChI is InChI=1S/C14H17ClN4O2S3/c1-11-16-19(14(22)23-11)10-17-6-8-18(9-7-17)24(20,21)13-5-3-2-4-12(13)15/h2-5H,6-10H2,1H3/p+1. The summed E-state index contributed by atoms with van der Waals surface area (Å²) in [6.07, 6.45) is 0. The molecule has 130 valence electrons. The molecule has 0 aliphatic carbocycles. The van der Waals surface area contributed by atoms with E-state index in [1.54, 1.807) is 24.3 Å². The third-order valence-corrected chi connectivity index (χ3v) is 7.59. The van der Waals surface area contributed by atoms with Crippen molar-refractivity contribution in [2.45, 2.75) is 18.5 Å². The number of benzene rings is 1. The monoisotopic (exact) mass is 405 g/mol. The predicted molar refractivity (Wildman–Crippen MR) is 96.6 cm³/mol. The molecule has 0 saturated carbocycles. The summed E-state index contributed by atoms with van der Waals surface area (Å²) < 4.78 is 29.5. The highest BCUT2D eigenvalue weighted by atomic mass is 35.5. The summed E-state index contributed by atoms with van der Waals surface area (Å²) in [6, 6.07) is 6.56. The van der Waals surface area contributed by atoms with Crippen LogP contribution < -0.4 is 4.90 Å². The van der Waals surface area contributed by atoms with Gasteiger partial charge in [-0.2, -0.15) is 14.1 Å². The van der Waals surface area contributed by atoms with Crippen LogP contribution >= 0.6 is 35.2 Å². The van der Waals surface area contributed by atoms with E-state index in [9.17, 15) is 8.42 Å². The zero-order valence-electron chi connectivity index (χ0n) is 13.1. The number of piperazine rings is 1. The maximum atomic E-state index is 12.7. The predicted octanol–water partition coefficient (Wildman–Crippen LogP) is 1.18.